The van der Waals surface area contributed by atoms with E-state index in [0.717, 1.165) is 61.5 Å². The summed E-state index contributed by atoms with van der Waals surface area (Å²) in [6.07, 6.45) is -5.07. The van der Waals surface area contributed by atoms with Crippen LogP contribution in [0.15, 0.2) is 109 Å². The second kappa shape index (κ2) is 21.5. The van der Waals surface area contributed by atoms with Crippen molar-refractivity contribution in [1.82, 2.24) is 0 Å². The SMILES string of the molecule is N#C[C@@]1(Cc2ccccc2I)OC[C@H]2O[C@@H](O[C@@H]3[C@H](OCc4ccccc4)[C@H](OC4CCCCC4)O[C@@H]4CO[C@@](C#N)(Cc5ccccc5I)O[C@@H]34)[C@@H](OCc3ccccc3)[C@@H](O)[C@@H]2O1. The summed E-state index contributed by atoms with van der Waals surface area (Å²) in [5, 5.41) is 33.9. The standard InChI is InChI=1S/C50H52I2N2O11/c51-37-22-12-10-18-34(37)24-49(30-53)58-28-39-42(64-49)41(55)44(56-26-32-14-4-1-5-15-32)47(61-39)63-45-43-40(29-59-50(31-54,65-43)25-35-19-11-13-23-38(35)52)62-48(60-36-20-8-3-9-21-36)46(45)57-27-33-16-6-2-7-17-33/h1-2,4-7,10-19,22-23,36,39-48,55H,3,8-9,20-21,24-29H2/t39-,40-,41+,42-,43-,44+,45+,46+,47+,48-,49+,50+/m1/s1. The molecule has 5 aliphatic rings. The highest BCUT2D eigenvalue weighted by Gasteiger charge is 2.60. The number of nitrogens with zero attached hydrogens (tertiary/aromatic N) is 2. The molecule has 4 aliphatic heterocycles. The van der Waals surface area contributed by atoms with Crippen LogP contribution in [0.5, 0.6) is 0 Å². The minimum Gasteiger partial charge on any atom is -0.387 e. The van der Waals surface area contributed by atoms with E-state index in [0.29, 0.717) is 0 Å². The van der Waals surface area contributed by atoms with Gasteiger partial charge in [-0.05, 0) is 92.4 Å². The molecule has 5 fully saturated rings. The second-order valence-corrected chi connectivity index (χ2v) is 19.5. The van der Waals surface area contributed by atoms with Gasteiger partial charge in [-0.2, -0.15) is 10.5 Å². The van der Waals surface area contributed by atoms with Crippen molar-refractivity contribution in [3.8, 4) is 12.1 Å². The van der Waals surface area contributed by atoms with E-state index in [-0.39, 0.29) is 45.4 Å². The van der Waals surface area contributed by atoms with Gasteiger partial charge in [-0.3, -0.25) is 0 Å². The summed E-state index contributed by atoms with van der Waals surface area (Å²) >= 11 is 4.47. The number of aliphatic hydroxyl groups is 1. The molecule has 4 saturated heterocycles. The monoisotopic (exact) mass is 1110 g/mol. The van der Waals surface area contributed by atoms with E-state index in [1.807, 2.05) is 109 Å². The summed E-state index contributed by atoms with van der Waals surface area (Å²) in [4.78, 5) is 0. The molecule has 1 aliphatic carbocycles. The van der Waals surface area contributed by atoms with Crippen LogP contribution in [0.2, 0.25) is 0 Å². The highest BCUT2D eigenvalue weighted by atomic mass is 127. The first kappa shape index (κ1) is 47.0. The molecule has 13 nitrogen and oxygen atoms in total. The average molecular weight is 1110 g/mol. The molecular formula is C50H52I2N2O11. The van der Waals surface area contributed by atoms with Gasteiger partial charge in [-0.1, -0.05) is 116 Å². The van der Waals surface area contributed by atoms with Gasteiger partial charge in [-0.15, -0.1) is 0 Å². The molecule has 4 heterocycles. The lowest BCUT2D eigenvalue weighted by molar-refractivity contribution is -0.422. The molecule has 1 N–H and O–H groups in total. The molecule has 65 heavy (non-hydrogen) atoms. The summed E-state index contributed by atoms with van der Waals surface area (Å²) in [6, 6.07) is 39.4. The van der Waals surface area contributed by atoms with Crippen molar-refractivity contribution in [2.24, 2.45) is 0 Å². The lowest BCUT2D eigenvalue weighted by Crippen LogP contribution is -2.70. The van der Waals surface area contributed by atoms with Crippen LogP contribution in [0.1, 0.15) is 54.4 Å². The molecule has 342 valence electrons. The third kappa shape index (κ3) is 10.9. The minimum atomic E-state index is -1.71. The van der Waals surface area contributed by atoms with Crippen LogP contribution in [-0.2, 0) is 73.4 Å². The number of ether oxygens (including phenoxy) is 10. The average Bonchev–Trinajstić information content (AvgIpc) is 3.34. The molecule has 0 radical (unpaired) electrons. The van der Waals surface area contributed by atoms with E-state index in [9.17, 15) is 15.6 Å². The number of rotatable bonds is 14. The zero-order valence-corrected chi connectivity index (χ0v) is 40.0. The lowest BCUT2D eigenvalue weighted by Gasteiger charge is -2.53. The van der Waals surface area contributed by atoms with Crippen LogP contribution in [0.3, 0.4) is 0 Å². The Labute approximate surface area is 406 Å². The van der Waals surface area contributed by atoms with Crippen molar-refractivity contribution >= 4 is 45.2 Å². The van der Waals surface area contributed by atoms with Gasteiger partial charge < -0.3 is 52.5 Å². The van der Waals surface area contributed by atoms with Gasteiger partial charge in [0, 0.05) is 20.0 Å². The predicted octanol–water partition coefficient (Wildman–Crippen LogP) is 7.67. The van der Waals surface area contributed by atoms with Gasteiger partial charge in [0.25, 0.3) is 11.6 Å². The summed E-state index contributed by atoms with van der Waals surface area (Å²) in [6.45, 7) is 0.207. The predicted molar refractivity (Wildman–Crippen MR) is 250 cm³/mol. The van der Waals surface area contributed by atoms with Gasteiger partial charge in [0.1, 0.15) is 61.0 Å². The summed E-state index contributed by atoms with van der Waals surface area (Å²) in [5.74, 6) is -3.41. The van der Waals surface area contributed by atoms with Crippen molar-refractivity contribution < 1.29 is 52.5 Å². The van der Waals surface area contributed by atoms with Gasteiger partial charge in [0.15, 0.2) is 12.6 Å². The van der Waals surface area contributed by atoms with E-state index in [1.54, 1.807) is 0 Å². The van der Waals surface area contributed by atoms with Gasteiger partial charge >= 0.3 is 0 Å². The summed E-state index contributed by atoms with van der Waals surface area (Å²) in [5.41, 5.74) is 3.52. The topological polar surface area (TPSA) is 160 Å². The number of fused-ring (bicyclic) bond motifs is 2. The first-order valence-corrected chi connectivity index (χ1v) is 24.4. The van der Waals surface area contributed by atoms with Crippen molar-refractivity contribution in [3.05, 3.63) is 139 Å². The lowest BCUT2D eigenvalue weighted by atomic mass is 9.93. The minimum absolute atomic E-state index is 0.00247. The molecule has 0 amide bonds. The zero-order chi connectivity index (χ0) is 44.8. The first-order chi connectivity index (χ1) is 31.7. The number of hydrogen-bond donors (Lipinski definition) is 1. The van der Waals surface area contributed by atoms with Crippen molar-refractivity contribution in [3.63, 3.8) is 0 Å². The van der Waals surface area contributed by atoms with Gasteiger partial charge in [-0.25, -0.2) is 0 Å². The van der Waals surface area contributed by atoms with Crippen LogP contribution in [-0.4, -0.2) is 97.4 Å². The summed E-state index contributed by atoms with van der Waals surface area (Å²) < 4.78 is 68.8. The van der Waals surface area contributed by atoms with Crippen molar-refractivity contribution in [2.75, 3.05) is 13.2 Å². The maximum absolute atomic E-state index is 12.5. The molecule has 1 saturated carbocycles. The van der Waals surface area contributed by atoms with Crippen LogP contribution < -0.4 is 0 Å². The Morgan fingerprint density at radius 1 is 0.585 bits per heavy atom. The fraction of sp³-hybridized carbons (Fsp3) is 0.480. The van der Waals surface area contributed by atoms with E-state index in [2.05, 4.69) is 57.3 Å². The van der Waals surface area contributed by atoms with E-state index in [4.69, 9.17) is 47.4 Å². The highest BCUT2D eigenvalue weighted by molar-refractivity contribution is 14.1. The number of benzene rings is 4. The molecule has 0 spiro atoms. The molecule has 0 aromatic heterocycles. The van der Waals surface area contributed by atoms with Crippen molar-refractivity contribution in [1.29, 1.82) is 10.5 Å². The Kier molecular flexibility index (Phi) is 15.5. The molecule has 0 unspecified atom stereocenters. The molecule has 0 bridgehead atoms. The normalized spacial score (nSPS) is 33.8. The Balaban J connectivity index is 1.07. The first-order valence-electron chi connectivity index (χ1n) is 22.3. The molecule has 15 heteroatoms. The van der Waals surface area contributed by atoms with Gasteiger partial charge in [0.05, 0.1) is 32.5 Å². The van der Waals surface area contributed by atoms with Crippen molar-refractivity contribution in [2.45, 2.75) is 137 Å². The fourth-order valence-corrected chi connectivity index (χ4v) is 10.4. The Bertz CT molecular complexity index is 2280. The largest absolute Gasteiger partial charge is 0.387 e. The number of aliphatic hydroxyl groups excluding tert-OH is 1. The maximum Gasteiger partial charge on any atom is 0.264 e. The molecule has 4 aromatic carbocycles. The Morgan fingerprint density at radius 3 is 1.60 bits per heavy atom. The Morgan fingerprint density at radius 2 is 1.06 bits per heavy atom. The van der Waals surface area contributed by atoms with Crippen LogP contribution in [0.25, 0.3) is 0 Å². The van der Waals surface area contributed by atoms with Crippen LogP contribution in [0, 0.1) is 29.8 Å². The third-order valence-corrected chi connectivity index (χ3v) is 14.8. The van der Waals surface area contributed by atoms with Crippen LogP contribution >= 0.6 is 45.2 Å². The van der Waals surface area contributed by atoms with E-state index >= 15 is 0 Å². The van der Waals surface area contributed by atoms with Gasteiger partial charge in [0.2, 0.25) is 0 Å². The number of halogens is 2. The quantitative estimate of drug-likeness (QED) is 0.123. The molecule has 9 rings (SSSR count). The fourth-order valence-electron chi connectivity index (χ4n) is 9.24. The van der Waals surface area contributed by atoms with Crippen LogP contribution in [0.4, 0.5) is 0 Å². The molecule has 12 atom stereocenters. The second-order valence-electron chi connectivity index (χ2n) is 17.1. The Hall–Kier alpha value is -3.12. The van der Waals surface area contributed by atoms with E-state index < -0.39 is 73.0 Å². The smallest absolute Gasteiger partial charge is 0.264 e. The maximum atomic E-state index is 12.5. The third-order valence-electron chi connectivity index (χ3n) is 12.7. The number of nitriles is 2. The highest BCUT2D eigenvalue weighted by Crippen LogP contribution is 2.42. The number of hydrogen-bond acceptors (Lipinski definition) is 13. The molecule has 4 aromatic rings. The molecular weight excluding hydrogens is 1060 g/mol. The van der Waals surface area contributed by atoms with E-state index in [1.165, 1.54) is 0 Å². The zero-order valence-electron chi connectivity index (χ0n) is 35.7. The summed E-state index contributed by atoms with van der Waals surface area (Å²) in [7, 11) is 0.